The van der Waals surface area contributed by atoms with Crippen molar-refractivity contribution in [1.82, 2.24) is 15.2 Å². The summed E-state index contributed by atoms with van der Waals surface area (Å²) in [6.07, 6.45) is 1.79. The van der Waals surface area contributed by atoms with E-state index in [1.165, 1.54) is 0 Å². The zero-order chi connectivity index (χ0) is 15.8. The zero-order valence-corrected chi connectivity index (χ0v) is 13.2. The van der Waals surface area contributed by atoms with Gasteiger partial charge in [0.25, 0.3) is 0 Å². The molecule has 118 valence electrons. The molecule has 0 fully saturated rings. The van der Waals surface area contributed by atoms with Crippen molar-refractivity contribution >= 4 is 5.91 Å². The van der Waals surface area contributed by atoms with Gasteiger partial charge in [-0.1, -0.05) is 32.0 Å². The average molecular weight is 301 g/mol. The summed E-state index contributed by atoms with van der Waals surface area (Å²) in [6, 6.07) is 9.66. The molecule has 1 heterocycles. The van der Waals surface area contributed by atoms with Crippen LogP contribution in [0.5, 0.6) is 0 Å². The van der Waals surface area contributed by atoms with Gasteiger partial charge in [0, 0.05) is 18.7 Å². The Hall–Kier alpha value is -2.14. The van der Waals surface area contributed by atoms with E-state index < -0.39 is 0 Å². The average Bonchev–Trinajstić information content (AvgIpc) is 3.01. The van der Waals surface area contributed by atoms with Crippen molar-refractivity contribution in [3.05, 3.63) is 42.3 Å². The van der Waals surface area contributed by atoms with Gasteiger partial charge in [-0.25, -0.2) is 4.98 Å². The Morgan fingerprint density at radius 2 is 1.95 bits per heavy atom. The van der Waals surface area contributed by atoms with E-state index in [-0.39, 0.29) is 12.3 Å². The minimum atomic E-state index is -0.0277. The molecular formula is C17H23N3O2. The van der Waals surface area contributed by atoms with Crippen molar-refractivity contribution < 1.29 is 9.21 Å². The van der Waals surface area contributed by atoms with E-state index in [9.17, 15) is 4.79 Å². The number of carbonyl (C=O) groups is 1. The molecule has 0 unspecified atom stereocenters. The number of carbonyl (C=O) groups excluding carboxylic acids is 1. The number of nitrogens with one attached hydrogen (secondary N) is 1. The van der Waals surface area contributed by atoms with Crippen LogP contribution in [0.4, 0.5) is 0 Å². The van der Waals surface area contributed by atoms with Crippen LogP contribution in [0.25, 0.3) is 11.5 Å². The molecule has 2 rings (SSSR count). The number of amides is 1. The molecule has 0 bridgehead atoms. The monoisotopic (exact) mass is 301 g/mol. The molecule has 0 aliphatic heterocycles. The lowest BCUT2D eigenvalue weighted by molar-refractivity contribution is -0.120. The van der Waals surface area contributed by atoms with Crippen LogP contribution < -0.4 is 5.32 Å². The van der Waals surface area contributed by atoms with Crippen LogP contribution in [0.1, 0.15) is 19.5 Å². The lowest BCUT2D eigenvalue weighted by atomic mass is 10.2. The maximum atomic E-state index is 11.9. The number of benzene rings is 1. The van der Waals surface area contributed by atoms with Crippen molar-refractivity contribution in [2.75, 3.05) is 26.2 Å². The fraction of sp³-hybridized carbons (Fsp3) is 0.412. The molecule has 0 spiro atoms. The number of likely N-dealkylation sites (N-methyl/N-ethyl adjacent to an activating group) is 1. The number of hydrogen-bond acceptors (Lipinski definition) is 4. The predicted octanol–water partition coefficient (Wildman–Crippen LogP) is 2.34. The van der Waals surface area contributed by atoms with E-state index in [0.717, 1.165) is 25.2 Å². The van der Waals surface area contributed by atoms with Crippen LogP contribution in [0.3, 0.4) is 0 Å². The van der Waals surface area contributed by atoms with Gasteiger partial charge in [0.2, 0.25) is 11.8 Å². The molecule has 2 aromatic rings. The second-order valence-corrected chi connectivity index (χ2v) is 5.06. The van der Waals surface area contributed by atoms with E-state index in [0.29, 0.717) is 18.1 Å². The van der Waals surface area contributed by atoms with Crippen molar-refractivity contribution in [3.63, 3.8) is 0 Å². The summed E-state index contributed by atoms with van der Waals surface area (Å²) in [7, 11) is 0. The number of aromatic nitrogens is 1. The summed E-state index contributed by atoms with van der Waals surface area (Å²) in [4.78, 5) is 18.5. The molecule has 0 saturated carbocycles. The van der Waals surface area contributed by atoms with Crippen LogP contribution in [0, 0.1) is 0 Å². The van der Waals surface area contributed by atoms with Crippen LogP contribution in [-0.4, -0.2) is 42.0 Å². The first-order valence-electron chi connectivity index (χ1n) is 7.71. The molecular weight excluding hydrogens is 278 g/mol. The van der Waals surface area contributed by atoms with E-state index in [1.807, 2.05) is 30.3 Å². The van der Waals surface area contributed by atoms with Crippen LogP contribution in [0.2, 0.25) is 0 Å². The molecule has 5 nitrogen and oxygen atoms in total. The molecule has 5 heteroatoms. The van der Waals surface area contributed by atoms with E-state index in [2.05, 4.69) is 29.0 Å². The van der Waals surface area contributed by atoms with Crippen molar-refractivity contribution in [3.8, 4) is 11.5 Å². The van der Waals surface area contributed by atoms with Gasteiger partial charge >= 0.3 is 0 Å². The molecule has 22 heavy (non-hydrogen) atoms. The molecule has 0 aliphatic carbocycles. The first kappa shape index (κ1) is 16.2. The fourth-order valence-electron chi connectivity index (χ4n) is 2.22. The number of rotatable bonds is 8. The van der Waals surface area contributed by atoms with E-state index in [4.69, 9.17) is 4.42 Å². The fourth-order valence-corrected chi connectivity index (χ4v) is 2.22. The molecule has 1 aromatic carbocycles. The van der Waals surface area contributed by atoms with Gasteiger partial charge < -0.3 is 14.6 Å². The number of hydrogen-bond donors (Lipinski definition) is 1. The lowest BCUT2D eigenvalue weighted by Crippen LogP contribution is -2.35. The number of oxazole rings is 1. The van der Waals surface area contributed by atoms with E-state index in [1.54, 1.807) is 6.26 Å². The summed E-state index contributed by atoms with van der Waals surface area (Å²) in [6.45, 7) is 7.75. The second-order valence-electron chi connectivity index (χ2n) is 5.06. The van der Waals surface area contributed by atoms with Gasteiger partial charge in [0.05, 0.1) is 12.1 Å². The van der Waals surface area contributed by atoms with Gasteiger partial charge in [0.1, 0.15) is 6.26 Å². The Bertz CT molecular complexity index is 577. The highest BCUT2D eigenvalue weighted by molar-refractivity contribution is 5.78. The molecule has 0 aliphatic rings. The summed E-state index contributed by atoms with van der Waals surface area (Å²) < 4.78 is 5.43. The normalized spacial score (nSPS) is 10.9. The van der Waals surface area contributed by atoms with Gasteiger partial charge in [-0.2, -0.15) is 0 Å². The van der Waals surface area contributed by atoms with Gasteiger partial charge in [-0.05, 0) is 25.2 Å². The minimum Gasteiger partial charge on any atom is -0.444 e. The Labute approximate surface area is 131 Å². The van der Waals surface area contributed by atoms with Crippen molar-refractivity contribution in [1.29, 1.82) is 0 Å². The third kappa shape index (κ3) is 4.70. The Balaban J connectivity index is 1.81. The van der Waals surface area contributed by atoms with Crippen LogP contribution >= 0.6 is 0 Å². The van der Waals surface area contributed by atoms with Crippen LogP contribution in [0.15, 0.2) is 41.0 Å². The molecule has 0 saturated heterocycles. The minimum absolute atomic E-state index is 0.0277. The highest BCUT2D eigenvalue weighted by Gasteiger charge is 2.10. The maximum Gasteiger partial charge on any atom is 0.226 e. The van der Waals surface area contributed by atoms with Gasteiger partial charge in [-0.15, -0.1) is 0 Å². The third-order valence-corrected chi connectivity index (χ3v) is 3.56. The third-order valence-electron chi connectivity index (χ3n) is 3.56. The summed E-state index contributed by atoms with van der Waals surface area (Å²) in [5.74, 6) is 0.520. The Morgan fingerprint density at radius 3 is 2.64 bits per heavy atom. The Kier molecular flexibility index (Phi) is 6.15. The van der Waals surface area contributed by atoms with Crippen molar-refractivity contribution in [2.24, 2.45) is 0 Å². The zero-order valence-electron chi connectivity index (χ0n) is 13.2. The van der Waals surface area contributed by atoms with Crippen molar-refractivity contribution in [2.45, 2.75) is 20.3 Å². The SMILES string of the molecule is CCN(CC)CCNC(=O)Cc1coc(-c2ccccc2)n1. The molecule has 0 radical (unpaired) electrons. The largest absolute Gasteiger partial charge is 0.444 e. The smallest absolute Gasteiger partial charge is 0.226 e. The predicted molar refractivity (Wildman–Crippen MR) is 86.4 cm³/mol. The number of nitrogens with zero attached hydrogens (tertiary/aromatic N) is 2. The standard InChI is InChI=1S/C17H23N3O2/c1-3-20(4-2)11-10-18-16(21)12-15-13-22-17(19-15)14-8-6-5-7-9-14/h5-9,13H,3-4,10-12H2,1-2H3,(H,18,21). The second kappa shape index (κ2) is 8.34. The van der Waals surface area contributed by atoms with E-state index >= 15 is 0 Å². The highest BCUT2D eigenvalue weighted by Crippen LogP contribution is 2.17. The first-order chi connectivity index (χ1) is 10.7. The highest BCUT2D eigenvalue weighted by atomic mass is 16.3. The molecule has 1 N–H and O–H groups in total. The van der Waals surface area contributed by atoms with Gasteiger partial charge in [-0.3, -0.25) is 4.79 Å². The van der Waals surface area contributed by atoms with Crippen LogP contribution in [-0.2, 0) is 11.2 Å². The Morgan fingerprint density at radius 1 is 1.23 bits per heavy atom. The molecule has 1 aromatic heterocycles. The van der Waals surface area contributed by atoms with Gasteiger partial charge in [0.15, 0.2) is 0 Å². The summed E-state index contributed by atoms with van der Waals surface area (Å²) >= 11 is 0. The summed E-state index contributed by atoms with van der Waals surface area (Å²) in [5.41, 5.74) is 1.56. The lowest BCUT2D eigenvalue weighted by Gasteiger charge is -2.17. The quantitative estimate of drug-likeness (QED) is 0.813. The maximum absolute atomic E-state index is 11.9. The molecule has 1 amide bonds. The summed E-state index contributed by atoms with van der Waals surface area (Å²) in [5, 5.41) is 2.92. The first-order valence-corrected chi connectivity index (χ1v) is 7.71. The topological polar surface area (TPSA) is 58.4 Å². The molecule has 0 atom stereocenters.